The number of hydrogen-bond donors (Lipinski definition) is 2. The number of carbonyl (C=O) groups excluding carboxylic acids is 1. The van der Waals surface area contributed by atoms with E-state index in [0.717, 1.165) is 19.2 Å². The summed E-state index contributed by atoms with van der Waals surface area (Å²) in [4.78, 5) is 13.6. The van der Waals surface area contributed by atoms with Gasteiger partial charge in [-0.3, -0.25) is 4.79 Å². The number of rotatable bonds is 3. The molecule has 2 N–H and O–H groups in total. The predicted octanol–water partition coefficient (Wildman–Crippen LogP) is 0.789. The van der Waals surface area contributed by atoms with Crippen LogP contribution in [-0.2, 0) is 0 Å². The van der Waals surface area contributed by atoms with Crippen molar-refractivity contribution in [3.63, 3.8) is 0 Å². The number of methoxy groups -OCH3 is 1. The van der Waals surface area contributed by atoms with Crippen molar-refractivity contribution in [3.8, 4) is 5.75 Å². The van der Waals surface area contributed by atoms with E-state index >= 15 is 0 Å². The molecular formula is C14H17F2NO4. The Hall–Kier alpha value is -1.73. The van der Waals surface area contributed by atoms with E-state index in [1.807, 2.05) is 0 Å². The van der Waals surface area contributed by atoms with Gasteiger partial charge < -0.3 is 19.8 Å². The lowest BCUT2D eigenvalue weighted by Gasteiger charge is -2.35. The third-order valence-corrected chi connectivity index (χ3v) is 3.73. The molecule has 1 saturated heterocycles. The summed E-state index contributed by atoms with van der Waals surface area (Å²) in [7, 11) is 1.12. The topological polar surface area (TPSA) is 70.0 Å². The van der Waals surface area contributed by atoms with Gasteiger partial charge in [0.05, 0.1) is 18.8 Å². The van der Waals surface area contributed by atoms with Crippen LogP contribution in [0.5, 0.6) is 5.75 Å². The maximum atomic E-state index is 14.1. The number of benzene rings is 1. The average Bonchev–Trinajstić information content (AvgIpc) is 2.47. The largest absolute Gasteiger partial charge is 0.491 e. The lowest BCUT2D eigenvalue weighted by Crippen LogP contribution is -2.47. The minimum Gasteiger partial charge on any atom is -0.491 e. The van der Waals surface area contributed by atoms with E-state index in [0.29, 0.717) is 13.0 Å². The van der Waals surface area contributed by atoms with Gasteiger partial charge in [-0.25, -0.2) is 8.78 Å². The summed E-state index contributed by atoms with van der Waals surface area (Å²) in [6, 6.07) is 2.02. The minimum atomic E-state index is -1.05. The van der Waals surface area contributed by atoms with E-state index in [9.17, 15) is 18.7 Å². The second kappa shape index (κ2) is 6.36. The van der Waals surface area contributed by atoms with E-state index in [4.69, 9.17) is 5.11 Å². The van der Waals surface area contributed by atoms with Crippen LogP contribution in [0.1, 0.15) is 16.8 Å². The summed E-state index contributed by atoms with van der Waals surface area (Å²) in [5, 5.41) is 18.9. The number of nitrogens with zero attached hydrogens (tertiary/aromatic N) is 1. The fraction of sp³-hybridized carbons (Fsp3) is 0.500. The normalized spacial score (nSPS) is 22.2. The Morgan fingerprint density at radius 1 is 1.48 bits per heavy atom. The van der Waals surface area contributed by atoms with Crippen LogP contribution in [0.2, 0.25) is 0 Å². The van der Waals surface area contributed by atoms with Crippen molar-refractivity contribution in [3.05, 3.63) is 29.3 Å². The van der Waals surface area contributed by atoms with Crippen LogP contribution in [-0.4, -0.2) is 53.9 Å². The second-order valence-electron chi connectivity index (χ2n) is 4.99. The molecule has 0 unspecified atom stereocenters. The van der Waals surface area contributed by atoms with E-state index < -0.39 is 29.4 Å². The van der Waals surface area contributed by atoms with E-state index in [2.05, 4.69) is 4.74 Å². The fourth-order valence-electron chi connectivity index (χ4n) is 2.43. The van der Waals surface area contributed by atoms with Gasteiger partial charge in [0, 0.05) is 25.6 Å². The van der Waals surface area contributed by atoms with Gasteiger partial charge in [0.25, 0.3) is 5.91 Å². The van der Waals surface area contributed by atoms with Gasteiger partial charge in [-0.2, -0.15) is 0 Å². The van der Waals surface area contributed by atoms with Gasteiger partial charge >= 0.3 is 0 Å². The van der Waals surface area contributed by atoms with Crippen molar-refractivity contribution >= 4 is 5.91 Å². The number of hydrogen-bond acceptors (Lipinski definition) is 4. The molecule has 1 aromatic rings. The molecule has 1 aliphatic rings. The third-order valence-electron chi connectivity index (χ3n) is 3.73. The number of amides is 1. The average molecular weight is 301 g/mol. The van der Waals surface area contributed by atoms with Crippen LogP contribution in [0.15, 0.2) is 12.1 Å². The molecule has 5 nitrogen and oxygen atoms in total. The Morgan fingerprint density at radius 2 is 2.19 bits per heavy atom. The summed E-state index contributed by atoms with van der Waals surface area (Å²) in [5.74, 6) is -3.47. The highest BCUT2D eigenvalue weighted by Crippen LogP contribution is 2.26. The highest BCUT2D eigenvalue weighted by molar-refractivity contribution is 5.95. The number of ether oxygens (including phenoxy) is 1. The number of aliphatic hydroxyl groups is 2. The van der Waals surface area contributed by atoms with Crippen LogP contribution < -0.4 is 4.74 Å². The molecule has 0 spiro atoms. The van der Waals surface area contributed by atoms with Crippen LogP contribution in [0.4, 0.5) is 8.78 Å². The predicted molar refractivity (Wildman–Crippen MR) is 70.0 cm³/mol. The Morgan fingerprint density at radius 3 is 2.76 bits per heavy atom. The molecule has 1 heterocycles. The molecule has 1 fully saturated rings. The summed E-state index contributed by atoms with van der Waals surface area (Å²) in [6.45, 7) is 0.130. The summed E-state index contributed by atoms with van der Waals surface area (Å²) < 4.78 is 32.0. The lowest BCUT2D eigenvalue weighted by molar-refractivity contribution is 0.000675. The van der Waals surface area contributed by atoms with Gasteiger partial charge in [-0.15, -0.1) is 0 Å². The smallest absolute Gasteiger partial charge is 0.257 e. The lowest BCUT2D eigenvalue weighted by atomic mass is 9.94. The van der Waals surface area contributed by atoms with Crippen LogP contribution in [0.3, 0.4) is 0 Å². The standard InChI is InChI=1S/C14H17F2NO4/c1-21-13-10(15)3-2-9(12(13)16)14(20)17-5-4-8(7-18)11(19)6-17/h2-3,8,11,18-19H,4-7H2,1H3/t8-,11+/m1/s1. The van der Waals surface area contributed by atoms with Gasteiger partial charge in [-0.05, 0) is 18.6 Å². The summed E-state index contributed by atoms with van der Waals surface area (Å²) in [6.07, 6.45) is -0.443. The van der Waals surface area contributed by atoms with Crippen LogP contribution in [0.25, 0.3) is 0 Å². The number of likely N-dealkylation sites (tertiary alicyclic amines) is 1. The van der Waals surface area contributed by atoms with Gasteiger partial charge in [0.2, 0.25) is 0 Å². The second-order valence-corrected chi connectivity index (χ2v) is 4.99. The van der Waals surface area contributed by atoms with Gasteiger partial charge in [0.1, 0.15) is 0 Å². The first kappa shape index (κ1) is 15.7. The number of aliphatic hydroxyl groups excluding tert-OH is 2. The molecule has 1 aromatic carbocycles. The Balaban J connectivity index is 2.22. The molecule has 0 aromatic heterocycles. The quantitative estimate of drug-likeness (QED) is 0.866. The Kier molecular flexibility index (Phi) is 4.74. The zero-order chi connectivity index (χ0) is 15.6. The maximum absolute atomic E-state index is 14.1. The Labute approximate surface area is 120 Å². The molecule has 0 radical (unpaired) electrons. The first-order valence-corrected chi connectivity index (χ1v) is 6.59. The summed E-state index contributed by atoms with van der Waals surface area (Å²) >= 11 is 0. The number of piperidine rings is 1. The molecular weight excluding hydrogens is 284 g/mol. The van der Waals surface area contributed by atoms with E-state index in [1.54, 1.807) is 0 Å². The first-order chi connectivity index (χ1) is 9.99. The van der Waals surface area contributed by atoms with E-state index in [1.165, 1.54) is 4.90 Å². The molecule has 2 rings (SSSR count). The van der Waals surface area contributed by atoms with E-state index in [-0.39, 0.29) is 24.6 Å². The summed E-state index contributed by atoms with van der Waals surface area (Å²) in [5.41, 5.74) is -0.303. The molecule has 1 aliphatic heterocycles. The van der Waals surface area contributed by atoms with Crippen LogP contribution >= 0.6 is 0 Å². The molecule has 7 heteroatoms. The SMILES string of the molecule is COc1c(F)ccc(C(=O)N2CC[C@H](CO)[C@@H](O)C2)c1F. The van der Waals surface area contributed by atoms with Crippen molar-refractivity contribution in [1.82, 2.24) is 4.90 Å². The Bertz CT molecular complexity index is 538. The molecule has 0 bridgehead atoms. The highest BCUT2D eigenvalue weighted by Gasteiger charge is 2.31. The molecule has 0 aliphatic carbocycles. The molecule has 0 saturated carbocycles. The zero-order valence-electron chi connectivity index (χ0n) is 11.6. The molecule has 116 valence electrons. The van der Waals surface area contributed by atoms with Gasteiger partial charge in [-0.1, -0.05) is 0 Å². The third kappa shape index (κ3) is 2.98. The highest BCUT2D eigenvalue weighted by atomic mass is 19.1. The zero-order valence-corrected chi connectivity index (χ0v) is 11.6. The van der Waals surface area contributed by atoms with Crippen LogP contribution in [0, 0.1) is 17.6 Å². The van der Waals surface area contributed by atoms with Crippen molar-refractivity contribution in [2.45, 2.75) is 12.5 Å². The van der Waals surface area contributed by atoms with Crippen molar-refractivity contribution in [2.75, 3.05) is 26.8 Å². The monoisotopic (exact) mass is 301 g/mol. The van der Waals surface area contributed by atoms with Gasteiger partial charge in [0.15, 0.2) is 17.4 Å². The molecule has 2 atom stereocenters. The van der Waals surface area contributed by atoms with Crippen molar-refractivity contribution in [1.29, 1.82) is 0 Å². The first-order valence-electron chi connectivity index (χ1n) is 6.59. The number of β-amino-alcohol motifs (C(OH)–C–C–N with tert-alkyl or cyclic N) is 1. The minimum absolute atomic E-state index is 0.00317. The van der Waals surface area contributed by atoms with Crippen molar-refractivity contribution < 1.29 is 28.5 Å². The molecule has 1 amide bonds. The number of halogens is 2. The fourth-order valence-corrected chi connectivity index (χ4v) is 2.43. The maximum Gasteiger partial charge on any atom is 0.257 e. The number of carbonyl (C=O) groups is 1. The molecule has 21 heavy (non-hydrogen) atoms. The van der Waals surface area contributed by atoms with Crippen molar-refractivity contribution in [2.24, 2.45) is 5.92 Å².